The summed E-state index contributed by atoms with van der Waals surface area (Å²) in [5, 5.41) is 9.65. The Bertz CT molecular complexity index is 333. The van der Waals surface area contributed by atoms with E-state index in [1.165, 1.54) is 5.56 Å². The lowest BCUT2D eigenvalue weighted by Gasteiger charge is -2.11. The Morgan fingerprint density at radius 2 is 2.15 bits per heavy atom. The molecule has 1 unspecified atom stereocenters. The molecule has 1 rings (SSSR count). The topological polar surface area (TPSA) is 20.2 Å². The molecule has 1 aromatic rings. The van der Waals surface area contributed by atoms with Gasteiger partial charge in [-0.25, -0.2) is 0 Å². The summed E-state index contributed by atoms with van der Waals surface area (Å²) in [4.78, 5) is 0. The highest BCUT2D eigenvalue weighted by Gasteiger charge is 2.08. The summed E-state index contributed by atoms with van der Waals surface area (Å²) < 4.78 is 0. The van der Waals surface area contributed by atoms with Crippen molar-refractivity contribution in [2.45, 2.75) is 26.4 Å². The average Bonchev–Trinajstić information content (AvgIpc) is 2.04. The molecule has 0 aliphatic heterocycles. The van der Waals surface area contributed by atoms with Gasteiger partial charge in [-0.15, -0.1) is 12.3 Å². The van der Waals surface area contributed by atoms with E-state index in [-0.39, 0.29) is 0 Å². The third-order valence-corrected chi connectivity index (χ3v) is 2.10. The lowest BCUT2D eigenvalue weighted by Crippen LogP contribution is -1.98. The van der Waals surface area contributed by atoms with Crippen LogP contribution in [0.25, 0.3) is 0 Å². The maximum absolute atomic E-state index is 9.65. The van der Waals surface area contributed by atoms with Gasteiger partial charge in [0.25, 0.3) is 0 Å². The first-order chi connectivity index (χ1) is 6.15. The van der Waals surface area contributed by atoms with Crippen LogP contribution in [-0.4, -0.2) is 5.11 Å². The fraction of sp³-hybridized carbons (Fsp3) is 0.333. The van der Waals surface area contributed by atoms with E-state index in [0.29, 0.717) is 6.42 Å². The molecule has 0 saturated carbocycles. The van der Waals surface area contributed by atoms with Crippen molar-refractivity contribution in [2.24, 2.45) is 0 Å². The summed E-state index contributed by atoms with van der Waals surface area (Å²) in [6.45, 7) is 4.02. The molecule has 0 amide bonds. The number of rotatable bonds is 2. The van der Waals surface area contributed by atoms with Crippen LogP contribution in [0.2, 0.25) is 0 Å². The molecule has 1 aromatic carbocycles. The Labute approximate surface area is 79.4 Å². The fourth-order valence-corrected chi connectivity index (χ4v) is 1.42. The summed E-state index contributed by atoms with van der Waals surface area (Å²) in [6.07, 6.45) is 4.99. The van der Waals surface area contributed by atoms with Crippen LogP contribution in [0, 0.1) is 26.2 Å². The molecule has 1 nitrogen and oxygen atoms in total. The molecule has 0 aliphatic carbocycles. The van der Waals surface area contributed by atoms with Crippen LogP contribution >= 0.6 is 0 Å². The van der Waals surface area contributed by atoms with Gasteiger partial charge in [-0.05, 0) is 25.0 Å². The maximum Gasteiger partial charge on any atom is 0.0901 e. The Hall–Kier alpha value is -1.26. The van der Waals surface area contributed by atoms with Crippen molar-refractivity contribution in [2.75, 3.05) is 0 Å². The minimum atomic E-state index is -0.523. The predicted molar refractivity (Wildman–Crippen MR) is 54.3 cm³/mol. The van der Waals surface area contributed by atoms with Crippen molar-refractivity contribution in [3.8, 4) is 12.3 Å². The van der Waals surface area contributed by atoms with Crippen molar-refractivity contribution in [1.29, 1.82) is 0 Å². The van der Waals surface area contributed by atoms with Crippen molar-refractivity contribution in [3.05, 3.63) is 34.9 Å². The van der Waals surface area contributed by atoms with Gasteiger partial charge in [0.05, 0.1) is 6.10 Å². The van der Waals surface area contributed by atoms with Crippen molar-refractivity contribution in [3.63, 3.8) is 0 Å². The number of aliphatic hydroxyl groups excluding tert-OH is 1. The third-order valence-electron chi connectivity index (χ3n) is 2.10. The van der Waals surface area contributed by atoms with Gasteiger partial charge in [-0.1, -0.05) is 23.8 Å². The Kier molecular flexibility index (Phi) is 3.11. The molecule has 0 aliphatic rings. The Morgan fingerprint density at radius 1 is 1.46 bits per heavy atom. The monoisotopic (exact) mass is 174 g/mol. The molecule has 0 spiro atoms. The van der Waals surface area contributed by atoms with Crippen LogP contribution < -0.4 is 0 Å². The lowest BCUT2D eigenvalue weighted by atomic mass is 9.99. The van der Waals surface area contributed by atoms with Crippen LogP contribution in [0.5, 0.6) is 0 Å². The normalized spacial score (nSPS) is 12.2. The van der Waals surface area contributed by atoms with E-state index in [1.54, 1.807) is 0 Å². The van der Waals surface area contributed by atoms with E-state index in [1.807, 2.05) is 26.0 Å². The molecular formula is C12H14O. The zero-order chi connectivity index (χ0) is 9.84. The number of hydrogen-bond donors (Lipinski definition) is 1. The van der Waals surface area contributed by atoms with Crippen molar-refractivity contribution < 1.29 is 5.11 Å². The highest BCUT2D eigenvalue weighted by molar-refractivity contribution is 5.32. The summed E-state index contributed by atoms with van der Waals surface area (Å²) in [5.74, 6) is 2.46. The van der Waals surface area contributed by atoms with Crippen LogP contribution in [0.1, 0.15) is 29.2 Å². The van der Waals surface area contributed by atoms with Gasteiger partial charge < -0.3 is 5.11 Å². The highest BCUT2D eigenvalue weighted by atomic mass is 16.3. The van der Waals surface area contributed by atoms with Crippen LogP contribution in [0.15, 0.2) is 18.2 Å². The van der Waals surface area contributed by atoms with Gasteiger partial charge in [0.2, 0.25) is 0 Å². The second-order valence-corrected chi connectivity index (χ2v) is 3.28. The maximum atomic E-state index is 9.65. The molecule has 0 heterocycles. The van der Waals surface area contributed by atoms with Gasteiger partial charge in [-0.2, -0.15) is 0 Å². The largest absolute Gasteiger partial charge is 0.387 e. The molecule has 1 heteroatoms. The first kappa shape index (κ1) is 9.83. The molecule has 0 fully saturated rings. The molecule has 0 saturated heterocycles. The Morgan fingerprint density at radius 3 is 2.69 bits per heavy atom. The summed E-state index contributed by atoms with van der Waals surface area (Å²) >= 11 is 0. The number of aliphatic hydroxyl groups is 1. The van der Waals surface area contributed by atoms with E-state index in [9.17, 15) is 5.11 Å². The first-order valence-corrected chi connectivity index (χ1v) is 4.34. The zero-order valence-corrected chi connectivity index (χ0v) is 8.04. The first-order valence-electron chi connectivity index (χ1n) is 4.34. The number of aryl methyl sites for hydroxylation is 2. The van der Waals surface area contributed by atoms with E-state index >= 15 is 0 Å². The van der Waals surface area contributed by atoms with Crippen molar-refractivity contribution in [1.82, 2.24) is 0 Å². The number of terminal acetylenes is 1. The van der Waals surface area contributed by atoms with Gasteiger partial charge >= 0.3 is 0 Å². The second-order valence-electron chi connectivity index (χ2n) is 3.28. The summed E-state index contributed by atoms with van der Waals surface area (Å²) in [6, 6.07) is 5.98. The molecule has 68 valence electrons. The second kappa shape index (κ2) is 4.11. The van der Waals surface area contributed by atoms with Crippen LogP contribution in [-0.2, 0) is 0 Å². The lowest BCUT2D eigenvalue weighted by molar-refractivity contribution is 0.183. The molecule has 13 heavy (non-hydrogen) atoms. The molecule has 0 aromatic heterocycles. The van der Waals surface area contributed by atoms with Crippen LogP contribution in [0.3, 0.4) is 0 Å². The molecule has 1 atom stereocenters. The summed E-state index contributed by atoms with van der Waals surface area (Å²) in [7, 11) is 0. The van der Waals surface area contributed by atoms with Gasteiger partial charge in [0.15, 0.2) is 0 Å². The zero-order valence-electron chi connectivity index (χ0n) is 8.04. The van der Waals surface area contributed by atoms with E-state index in [2.05, 4.69) is 12.0 Å². The van der Waals surface area contributed by atoms with Crippen LogP contribution in [0.4, 0.5) is 0 Å². The average molecular weight is 174 g/mol. The molecule has 0 radical (unpaired) electrons. The van der Waals surface area contributed by atoms with Gasteiger partial charge in [0.1, 0.15) is 0 Å². The minimum Gasteiger partial charge on any atom is -0.387 e. The van der Waals surface area contributed by atoms with E-state index in [4.69, 9.17) is 6.42 Å². The minimum absolute atomic E-state index is 0.379. The standard InChI is InChI=1S/C12H14O/c1-4-5-12(13)11-7-6-9(2)8-10(11)3/h1,6-8,12-13H,5H2,2-3H3. The Balaban J connectivity index is 2.96. The van der Waals surface area contributed by atoms with E-state index in [0.717, 1.165) is 11.1 Å². The van der Waals surface area contributed by atoms with Gasteiger partial charge in [-0.3, -0.25) is 0 Å². The summed E-state index contributed by atoms with van der Waals surface area (Å²) in [5.41, 5.74) is 3.24. The number of benzene rings is 1. The smallest absolute Gasteiger partial charge is 0.0901 e. The third kappa shape index (κ3) is 2.34. The molecule has 1 N–H and O–H groups in total. The molecule has 0 bridgehead atoms. The quantitative estimate of drug-likeness (QED) is 0.682. The predicted octanol–water partition coefficient (Wildman–Crippen LogP) is 2.36. The highest BCUT2D eigenvalue weighted by Crippen LogP contribution is 2.20. The number of hydrogen-bond acceptors (Lipinski definition) is 1. The SMILES string of the molecule is C#CCC(O)c1ccc(C)cc1C. The fourth-order valence-electron chi connectivity index (χ4n) is 1.42. The van der Waals surface area contributed by atoms with Gasteiger partial charge in [0, 0.05) is 6.42 Å². The van der Waals surface area contributed by atoms with E-state index < -0.39 is 6.10 Å². The molecular weight excluding hydrogens is 160 g/mol. The van der Waals surface area contributed by atoms with Crippen molar-refractivity contribution >= 4 is 0 Å².